The third kappa shape index (κ3) is 4.85. The van der Waals surface area contributed by atoms with Gasteiger partial charge in [0.25, 0.3) is 0 Å². The molecular weight excluding hydrogens is 234 g/mol. The van der Waals surface area contributed by atoms with Crippen LogP contribution in [0.25, 0.3) is 0 Å². The second-order valence-corrected chi connectivity index (χ2v) is 3.80. The van der Waals surface area contributed by atoms with E-state index in [4.69, 9.17) is 14.2 Å². The predicted molar refractivity (Wildman–Crippen MR) is 69.1 cm³/mol. The lowest BCUT2D eigenvalue weighted by atomic mass is 10.4. The highest BCUT2D eigenvalue weighted by atomic mass is 16.5. The number of aromatic nitrogens is 2. The van der Waals surface area contributed by atoms with Crippen molar-refractivity contribution >= 4 is 5.95 Å². The Balaban J connectivity index is 2.60. The van der Waals surface area contributed by atoms with Crippen LogP contribution in [-0.4, -0.2) is 50.1 Å². The van der Waals surface area contributed by atoms with Crippen molar-refractivity contribution in [3.05, 3.63) is 11.8 Å². The molecule has 1 heterocycles. The minimum Gasteiger partial charge on any atom is -0.478 e. The first-order valence-corrected chi connectivity index (χ1v) is 5.93. The van der Waals surface area contributed by atoms with Crippen LogP contribution in [0.15, 0.2) is 6.07 Å². The van der Waals surface area contributed by atoms with Gasteiger partial charge in [0.15, 0.2) is 0 Å². The van der Waals surface area contributed by atoms with Gasteiger partial charge in [-0.05, 0) is 13.8 Å². The highest BCUT2D eigenvalue weighted by Gasteiger charge is 2.08. The Labute approximate surface area is 108 Å². The quantitative estimate of drug-likeness (QED) is 0.754. The first-order valence-electron chi connectivity index (χ1n) is 5.93. The summed E-state index contributed by atoms with van der Waals surface area (Å²) in [5.41, 5.74) is 0.858. The number of nitrogens with zero attached hydrogens (tertiary/aromatic N) is 2. The number of anilines is 1. The van der Waals surface area contributed by atoms with Gasteiger partial charge in [-0.15, -0.1) is 0 Å². The molecule has 1 unspecified atom stereocenters. The number of hydrogen-bond donors (Lipinski definition) is 1. The van der Waals surface area contributed by atoms with E-state index in [1.807, 2.05) is 13.8 Å². The van der Waals surface area contributed by atoms with Crippen molar-refractivity contribution in [2.24, 2.45) is 0 Å². The number of ether oxygens (including phenoxy) is 3. The maximum absolute atomic E-state index is 5.36. The van der Waals surface area contributed by atoms with Crippen molar-refractivity contribution < 1.29 is 14.2 Å². The third-order valence-corrected chi connectivity index (χ3v) is 2.30. The lowest BCUT2D eigenvalue weighted by Crippen LogP contribution is -2.27. The summed E-state index contributed by atoms with van der Waals surface area (Å²) in [5.74, 6) is 1.12. The van der Waals surface area contributed by atoms with E-state index in [0.29, 0.717) is 31.6 Å². The number of rotatable bonds is 8. The summed E-state index contributed by atoms with van der Waals surface area (Å²) < 4.78 is 15.6. The molecule has 6 heteroatoms. The maximum atomic E-state index is 5.36. The Morgan fingerprint density at radius 3 is 2.72 bits per heavy atom. The Kier molecular flexibility index (Phi) is 6.38. The number of aryl methyl sites for hydroxylation is 1. The van der Waals surface area contributed by atoms with Gasteiger partial charge in [0.2, 0.25) is 11.8 Å². The molecule has 0 bridgehead atoms. The van der Waals surface area contributed by atoms with E-state index in [1.165, 1.54) is 0 Å². The molecule has 0 saturated carbocycles. The van der Waals surface area contributed by atoms with Crippen molar-refractivity contribution in [1.29, 1.82) is 0 Å². The molecule has 1 N–H and O–H groups in total. The van der Waals surface area contributed by atoms with E-state index in [-0.39, 0.29) is 6.10 Å². The van der Waals surface area contributed by atoms with Crippen LogP contribution in [-0.2, 0) is 9.47 Å². The molecule has 0 radical (unpaired) electrons. The minimum atomic E-state index is -0.0327. The van der Waals surface area contributed by atoms with Crippen LogP contribution < -0.4 is 10.1 Å². The predicted octanol–water partition coefficient (Wildman–Crippen LogP) is 1.26. The largest absolute Gasteiger partial charge is 0.478 e. The van der Waals surface area contributed by atoms with Crippen LogP contribution >= 0.6 is 0 Å². The van der Waals surface area contributed by atoms with E-state index < -0.39 is 0 Å². The standard InChI is InChI=1S/C12H21N3O3/c1-5-18-11-6-9(2)14-12(15-11)13-7-10(17-4)8-16-3/h6,10H,5,7-8H2,1-4H3,(H,13,14,15). The number of hydrogen-bond acceptors (Lipinski definition) is 6. The monoisotopic (exact) mass is 255 g/mol. The summed E-state index contributed by atoms with van der Waals surface area (Å²) in [5, 5.41) is 3.11. The Morgan fingerprint density at radius 2 is 2.11 bits per heavy atom. The molecule has 0 amide bonds. The van der Waals surface area contributed by atoms with Crippen molar-refractivity contribution in [2.45, 2.75) is 20.0 Å². The van der Waals surface area contributed by atoms with Gasteiger partial charge >= 0.3 is 0 Å². The molecule has 0 aliphatic rings. The zero-order valence-corrected chi connectivity index (χ0v) is 11.4. The average molecular weight is 255 g/mol. The summed E-state index contributed by atoms with van der Waals surface area (Å²) in [7, 11) is 3.29. The van der Waals surface area contributed by atoms with Crippen LogP contribution in [0.3, 0.4) is 0 Å². The van der Waals surface area contributed by atoms with Gasteiger partial charge in [-0.2, -0.15) is 4.98 Å². The molecule has 0 fully saturated rings. The zero-order chi connectivity index (χ0) is 13.4. The molecule has 1 rings (SSSR count). The Bertz CT molecular complexity index is 360. The van der Waals surface area contributed by atoms with Gasteiger partial charge in [0, 0.05) is 32.5 Å². The molecule has 0 aliphatic carbocycles. The molecule has 1 atom stereocenters. The Morgan fingerprint density at radius 1 is 1.33 bits per heavy atom. The fraction of sp³-hybridized carbons (Fsp3) is 0.667. The smallest absolute Gasteiger partial charge is 0.226 e. The second kappa shape index (κ2) is 7.84. The topological polar surface area (TPSA) is 65.5 Å². The van der Waals surface area contributed by atoms with E-state index in [9.17, 15) is 0 Å². The van der Waals surface area contributed by atoms with Gasteiger partial charge in [0.1, 0.15) is 0 Å². The second-order valence-electron chi connectivity index (χ2n) is 3.80. The molecule has 1 aromatic rings. The molecule has 0 saturated heterocycles. The van der Waals surface area contributed by atoms with Crippen molar-refractivity contribution in [1.82, 2.24) is 9.97 Å². The van der Waals surface area contributed by atoms with Gasteiger partial charge in [-0.25, -0.2) is 4.98 Å². The molecule has 6 nitrogen and oxygen atoms in total. The van der Waals surface area contributed by atoms with Gasteiger partial charge in [0.05, 0.1) is 19.3 Å². The molecule has 1 aromatic heterocycles. The SMILES string of the molecule is CCOc1cc(C)nc(NCC(COC)OC)n1. The van der Waals surface area contributed by atoms with Gasteiger partial charge in [-0.3, -0.25) is 0 Å². The van der Waals surface area contributed by atoms with Gasteiger partial charge < -0.3 is 19.5 Å². The van der Waals surface area contributed by atoms with Crippen molar-refractivity contribution in [3.8, 4) is 5.88 Å². The molecule has 18 heavy (non-hydrogen) atoms. The summed E-state index contributed by atoms with van der Waals surface area (Å²) >= 11 is 0. The van der Waals surface area contributed by atoms with Gasteiger partial charge in [-0.1, -0.05) is 0 Å². The highest BCUT2D eigenvalue weighted by Crippen LogP contribution is 2.11. The zero-order valence-electron chi connectivity index (χ0n) is 11.4. The summed E-state index contributed by atoms with van der Waals surface area (Å²) in [6.07, 6.45) is -0.0327. The summed E-state index contributed by atoms with van der Waals surface area (Å²) in [6, 6.07) is 1.80. The van der Waals surface area contributed by atoms with Crippen LogP contribution in [0, 0.1) is 6.92 Å². The summed E-state index contributed by atoms with van der Waals surface area (Å²) in [6.45, 7) is 5.51. The van der Waals surface area contributed by atoms with E-state index in [1.54, 1.807) is 20.3 Å². The fourth-order valence-corrected chi connectivity index (χ4v) is 1.44. The minimum absolute atomic E-state index is 0.0327. The highest BCUT2D eigenvalue weighted by molar-refractivity contribution is 5.30. The molecule has 0 spiro atoms. The fourth-order valence-electron chi connectivity index (χ4n) is 1.44. The van der Waals surface area contributed by atoms with E-state index in [2.05, 4.69) is 15.3 Å². The lowest BCUT2D eigenvalue weighted by molar-refractivity contribution is 0.0364. The number of methoxy groups -OCH3 is 2. The first kappa shape index (κ1) is 14.7. The lowest BCUT2D eigenvalue weighted by Gasteiger charge is -2.15. The molecule has 0 aromatic carbocycles. The number of nitrogens with one attached hydrogen (secondary N) is 1. The van der Waals surface area contributed by atoms with E-state index in [0.717, 1.165) is 5.69 Å². The molecule has 0 aliphatic heterocycles. The van der Waals surface area contributed by atoms with Crippen LogP contribution in [0.2, 0.25) is 0 Å². The van der Waals surface area contributed by atoms with Crippen molar-refractivity contribution in [2.75, 3.05) is 39.3 Å². The normalized spacial score (nSPS) is 12.2. The van der Waals surface area contributed by atoms with Crippen LogP contribution in [0.1, 0.15) is 12.6 Å². The van der Waals surface area contributed by atoms with Crippen molar-refractivity contribution in [3.63, 3.8) is 0 Å². The van der Waals surface area contributed by atoms with Crippen LogP contribution in [0.5, 0.6) is 5.88 Å². The molecule has 102 valence electrons. The Hall–Kier alpha value is -1.40. The molecular formula is C12H21N3O3. The summed E-state index contributed by atoms with van der Waals surface area (Å²) in [4.78, 5) is 8.53. The third-order valence-electron chi connectivity index (χ3n) is 2.30. The maximum Gasteiger partial charge on any atom is 0.226 e. The van der Waals surface area contributed by atoms with E-state index >= 15 is 0 Å². The average Bonchev–Trinajstić information content (AvgIpc) is 2.34. The van der Waals surface area contributed by atoms with Crippen LogP contribution in [0.4, 0.5) is 5.95 Å². The first-order chi connectivity index (χ1) is 8.69.